The lowest BCUT2D eigenvalue weighted by atomic mass is 10.1. The first kappa shape index (κ1) is 13.2. The molecule has 2 atom stereocenters. The third kappa shape index (κ3) is 3.65. The van der Waals surface area contributed by atoms with Crippen LogP contribution < -0.4 is 10.1 Å². The van der Waals surface area contributed by atoms with Gasteiger partial charge in [-0.3, -0.25) is 0 Å². The van der Waals surface area contributed by atoms with E-state index in [2.05, 4.69) is 10.1 Å². The summed E-state index contributed by atoms with van der Waals surface area (Å²) < 4.78 is 33.9. The van der Waals surface area contributed by atoms with E-state index >= 15 is 0 Å². The molecule has 0 bridgehead atoms. The Labute approximate surface area is 105 Å². The Hall–Kier alpha value is -1.20. The normalized spacial score (nSPS) is 21.2. The summed E-state index contributed by atoms with van der Waals surface area (Å²) in [6.07, 6.45) is 0.984. The summed E-state index contributed by atoms with van der Waals surface area (Å²) in [6.45, 7) is 0.697. The van der Waals surface area contributed by atoms with Crippen LogP contribution in [0.3, 0.4) is 0 Å². The Bertz CT molecular complexity index is 381. The Morgan fingerprint density at radius 1 is 1.44 bits per heavy atom. The number of hydrogen-bond donors (Lipinski definition) is 1. The van der Waals surface area contributed by atoms with E-state index in [0.29, 0.717) is 12.6 Å². The van der Waals surface area contributed by atoms with Gasteiger partial charge >= 0.3 is 6.61 Å². The van der Waals surface area contributed by atoms with Gasteiger partial charge in [0.1, 0.15) is 5.75 Å². The highest BCUT2D eigenvalue weighted by atomic mass is 19.3. The molecule has 1 N–H and O–H groups in total. The molecule has 1 fully saturated rings. The van der Waals surface area contributed by atoms with Crippen molar-refractivity contribution in [1.82, 2.24) is 5.32 Å². The maximum absolute atomic E-state index is 12.1. The highest BCUT2D eigenvalue weighted by Crippen LogP contribution is 2.21. The van der Waals surface area contributed by atoms with Crippen molar-refractivity contribution in [1.29, 1.82) is 0 Å². The quantitative estimate of drug-likeness (QED) is 0.879. The molecule has 1 aliphatic rings. The maximum Gasteiger partial charge on any atom is 0.387 e. The van der Waals surface area contributed by atoms with Crippen molar-refractivity contribution in [2.45, 2.75) is 32.0 Å². The van der Waals surface area contributed by atoms with Crippen LogP contribution in [0.5, 0.6) is 5.75 Å². The van der Waals surface area contributed by atoms with Crippen LogP contribution in [0.15, 0.2) is 24.3 Å². The van der Waals surface area contributed by atoms with Gasteiger partial charge in [-0.05, 0) is 31.0 Å². The van der Waals surface area contributed by atoms with Gasteiger partial charge in [0, 0.05) is 18.7 Å². The minimum Gasteiger partial charge on any atom is -0.435 e. The van der Waals surface area contributed by atoms with Crippen molar-refractivity contribution >= 4 is 0 Å². The monoisotopic (exact) mass is 257 g/mol. The van der Waals surface area contributed by atoms with Gasteiger partial charge in [0.05, 0.1) is 6.61 Å². The Kier molecular flexibility index (Phi) is 4.49. The molecule has 0 aliphatic carbocycles. The van der Waals surface area contributed by atoms with Crippen molar-refractivity contribution in [2.75, 3.05) is 13.2 Å². The molecule has 2 rings (SSSR count). The minimum atomic E-state index is -2.79. The molecule has 0 spiro atoms. The van der Waals surface area contributed by atoms with Gasteiger partial charge in [-0.15, -0.1) is 0 Å². The zero-order valence-electron chi connectivity index (χ0n) is 10.2. The molecule has 100 valence electrons. The molecule has 1 aliphatic heterocycles. The number of hydrogen-bond acceptors (Lipinski definition) is 3. The van der Waals surface area contributed by atoms with E-state index < -0.39 is 6.61 Å². The number of nitrogens with one attached hydrogen (secondary N) is 1. The van der Waals surface area contributed by atoms with Gasteiger partial charge < -0.3 is 14.8 Å². The van der Waals surface area contributed by atoms with Crippen LogP contribution in [0.2, 0.25) is 0 Å². The highest BCUT2D eigenvalue weighted by molar-refractivity contribution is 5.30. The fourth-order valence-electron chi connectivity index (χ4n) is 2.08. The summed E-state index contributed by atoms with van der Waals surface area (Å²) in [5, 5.41) is 3.41. The van der Waals surface area contributed by atoms with Gasteiger partial charge in [0.2, 0.25) is 0 Å². The van der Waals surface area contributed by atoms with E-state index in [-0.39, 0.29) is 11.8 Å². The average molecular weight is 257 g/mol. The van der Waals surface area contributed by atoms with Crippen LogP contribution in [-0.2, 0) is 4.74 Å². The number of halogens is 2. The first-order chi connectivity index (χ1) is 8.65. The zero-order chi connectivity index (χ0) is 13.0. The van der Waals surface area contributed by atoms with Crippen molar-refractivity contribution in [2.24, 2.45) is 0 Å². The molecule has 0 radical (unpaired) electrons. The number of benzene rings is 1. The SMILES string of the molecule is CC(NC1CCOC1)c1cccc(OC(F)F)c1. The Balaban J connectivity index is 1.98. The second-order valence-corrected chi connectivity index (χ2v) is 4.40. The maximum atomic E-state index is 12.1. The Morgan fingerprint density at radius 2 is 2.28 bits per heavy atom. The van der Waals surface area contributed by atoms with Gasteiger partial charge in [-0.1, -0.05) is 12.1 Å². The second-order valence-electron chi connectivity index (χ2n) is 4.40. The molecule has 18 heavy (non-hydrogen) atoms. The van der Waals surface area contributed by atoms with Crippen molar-refractivity contribution in [3.8, 4) is 5.75 Å². The topological polar surface area (TPSA) is 30.5 Å². The third-order valence-corrected chi connectivity index (χ3v) is 3.00. The highest BCUT2D eigenvalue weighted by Gasteiger charge is 2.18. The van der Waals surface area contributed by atoms with Crippen LogP contribution in [-0.4, -0.2) is 25.9 Å². The summed E-state index contributed by atoms with van der Waals surface area (Å²) in [5.74, 6) is 0.193. The first-order valence-electron chi connectivity index (χ1n) is 6.03. The Morgan fingerprint density at radius 3 is 2.94 bits per heavy atom. The summed E-state index contributed by atoms with van der Waals surface area (Å²) in [7, 11) is 0. The number of rotatable bonds is 5. The third-order valence-electron chi connectivity index (χ3n) is 3.00. The largest absolute Gasteiger partial charge is 0.435 e. The molecule has 1 heterocycles. The number of alkyl halides is 2. The molecule has 1 saturated heterocycles. The summed E-state index contributed by atoms with van der Waals surface area (Å²) in [4.78, 5) is 0. The van der Waals surface area contributed by atoms with E-state index in [1.54, 1.807) is 12.1 Å². The second kappa shape index (κ2) is 6.11. The van der Waals surface area contributed by atoms with Crippen LogP contribution in [0.25, 0.3) is 0 Å². The van der Waals surface area contributed by atoms with E-state index in [1.807, 2.05) is 13.0 Å². The summed E-state index contributed by atoms with van der Waals surface area (Å²) in [5.41, 5.74) is 0.931. The zero-order valence-corrected chi connectivity index (χ0v) is 10.2. The van der Waals surface area contributed by atoms with Crippen LogP contribution in [0.1, 0.15) is 24.9 Å². The van der Waals surface area contributed by atoms with Crippen LogP contribution in [0, 0.1) is 0 Å². The lowest BCUT2D eigenvalue weighted by molar-refractivity contribution is -0.0499. The van der Waals surface area contributed by atoms with Gasteiger partial charge in [0.25, 0.3) is 0 Å². The molecule has 1 aromatic carbocycles. The predicted molar refractivity (Wildman–Crippen MR) is 63.8 cm³/mol. The van der Waals surface area contributed by atoms with Crippen molar-refractivity contribution in [3.05, 3.63) is 29.8 Å². The van der Waals surface area contributed by atoms with Gasteiger partial charge in [0.15, 0.2) is 0 Å². The standard InChI is InChI=1S/C13H17F2NO2/c1-9(16-11-5-6-17-8-11)10-3-2-4-12(7-10)18-13(14)15/h2-4,7,9,11,13,16H,5-6,8H2,1H3. The molecule has 1 aromatic rings. The van der Waals surface area contributed by atoms with Crippen molar-refractivity contribution < 1.29 is 18.3 Å². The minimum absolute atomic E-state index is 0.0814. The van der Waals surface area contributed by atoms with Crippen molar-refractivity contribution in [3.63, 3.8) is 0 Å². The van der Waals surface area contributed by atoms with Gasteiger partial charge in [-0.2, -0.15) is 8.78 Å². The van der Waals surface area contributed by atoms with E-state index in [4.69, 9.17) is 4.74 Å². The fourth-order valence-corrected chi connectivity index (χ4v) is 2.08. The molecule has 0 amide bonds. The molecule has 5 heteroatoms. The predicted octanol–water partition coefficient (Wildman–Crippen LogP) is 2.73. The number of ether oxygens (including phenoxy) is 2. The summed E-state index contributed by atoms with van der Waals surface area (Å²) in [6, 6.07) is 7.20. The van der Waals surface area contributed by atoms with Gasteiger partial charge in [-0.25, -0.2) is 0 Å². The van der Waals surface area contributed by atoms with E-state index in [9.17, 15) is 8.78 Å². The first-order valence-corrected chi connectivity index (χ1v) is 6.03. The average Bonchev–Trinajstić information content (AvgIpc) is 2.81. The summed E-state index contributed by atoms with van der Waals surface area (Å²) >= 11 is 0. The molecular formula is C13H17F2NO2. The van der Waals surface area contributed by atoms with E-state index in [0.717, 1.165) is 18.6 Å². The molecule has 0 aromatic heterocycles. The lowest BCUT2D eigenvalue weighted by Crippen LogP contribution is -2.31. The van der Waals surface area contributed by atoms with Crippen LogP contribution in [0.4, 0.5) is 8.78 Å². The fraction of sp³-hybridized carbons (Fsp3) is 0.538. The smallest absolute Gasteiger partial charge is 0.387 e. The lowest BCUT2D eigenvalue weighted by Gasteiger charge is -2.19. The van der Waals surface area contributed by atoms with E-state index in [1.165, 1.54) is 6.07 Å². The van der Waals surface area contributed by atoms with Crippen LogP contribution >= 0.6 is 0 Å². The molecule has 3 nitrogen and oxygen atoms in total. The molecule has 2 unspecified atom stereocenters. The molecule has 0 saturated carbocycles. The molecular weight excluding hydrogens is 240 g/mol.